The first kappa shape index (κ1) is 13.8. The fraction of sp³-hybridized carbons (Fsp3) is 0.500. The van der Waals surface area contributed by atoms with Gasteiger partial charge in [-0.15, -0.1) is 0 Å². The molecule has 2 rings (SSSR count). The van der Waals surface area contributed by atoms with Gasteiger partial charge in [0.05, 0.1) is 5.25 Å². The average Bonchev–Trinajstić information content (AvgIpc) is 2.60. The summed E-state index contributed by atoms with van der Waals surface area (Å²) in [5.74, 6) is -0.666. The van der Waals surface area contributed by atoms with Gasteiger partial charge < -0.3 is 5.11 Å². The summed E-state index contributed by atoms with van der Waals surface area (Å²) in [7, 11) is -3.43. The monoisotopic (exact) mass is 292 g/mol. The van der Waals surface area contributed by atoms with Crippen LogP contribution in [0.5, 0.6) is 0 Å². The fourth-order valence-electron chi connectivity index (χ4n) is 2.67. The third-order valence-electron chi connectivity index (χ3n) is 3.47. The largest absolute Gasteiger partial charge is 0.384 e. The Hall–Kier alpha value is -0.650. The van der Waals surface area contributed by atoms with E-state index in [0.29, 0.717) is 12.8 Å². The number of hydrogen-bond acceptors (Lipinski definition) is 3. The molecule has 0 aliphatic heterocycles. The molecule has 0 radical (unpaired) electrons. The quantitative estimate of drug-likeness (QED) is 0.910. The first-order valence-corrected chi connectivity index (χ1v) is 7.95. The van der Waals surface area contributed by atoms with Gasteiger partial charge in [-0.2, -0.15) is 0 Å². The minimum absolute atomic E-state index is 0.0137. The lowest BCUT2D eigenvalue weighted by molar-refractivity contribution is 0.0440. The molecule has 1 saturated carbocycles. The molecular weight excluding hydrogens is 279 g/mol. The second kappa shape index (κ2) is 4.47. The van der Waals surface area contributed by atoms with Gasteiger partial charge in [-0.05, 0) is 31.4 Å². The van der Waals surface area contributed by atoms with Crippen molar-refractivity contribution in [3.8, 4) is 0 Å². The van der Waals surface area contributed by atoms with Gasteiger partial charge in [-0.3, -0.25) is 0 Å². The highest BCUT2D eigenvalue weighted by molar-refractivity contribution is 7.91. The van der Waals surface area contributed by atoms with Crippen LogP contribution in [0.1, 0.15) is 24.8 Å². The van der Waals surface area contributed by atoms with E-state index in [1.165, 1.54) is 12.1 Å². The lowest BCUT2D eigenvalue weighted by atomic mass is 9.91. The molecule has 0 aromatic heterocycles. The molecule has 1 N–H and O–H groups in total. The molecule has 2 unspecified atom stereocenters. The van der Waals surface area contributed by atoms with Crippen molar-refractivity contribution in [2.45, 2.75) is 30.1 Å². The van der Waals surface area contributed by atoms with E-state index in [2.05, 4.69) is 0 Å². The first-order valence-electron chi connectivity index (χ1n) is 5.62. The highest BCUT2D eigenvalue weighted by Gasteiger charge is 2.49. The summed E-state index contributed by atoms with van der Waals surface area (Å²) < 4.78 is 37.3. The van der Waals surface area contributed by atoms with Gasteiger partial charge in [0.25, 0.3) is 0 Å². The summed E-state index contributed by atoms with van der Waals surface area (Å²) in [6, 6.07) is 3.91. The summed E-state index contributed by atoms with van der Waals surface area (Å²) in [6.45, 7) is 0. The van der Waals surface area contributed by atoms with Crippen molar-refractivity contribution >= 4 is 21.4 Å². The Labute approximate surface area is 111 Å². The van der Waals surface area contributed by atoms with Gasteiger partial charge in [-0.1, -0.05) is 17.7 Å². The molecule has 3 nitrogen and oxygen atoms in total. The Kier molecular flexibility index (Phi) is 3.42. The Morgan fingerprint density at radius 2 is 2.17 bits per heavy atom. The van der Waals surface area contributed by atoms with E-state index < -0.39 is 26.5 Å². The number of benzene rings is 1. The van der Waals surface area contributed by atoms with Crippen LogP contribution in [0.2, 0.25) is 5.02 Å². The molecule has 0 heterocycles. The molecule has 1 aliphatic carbocycles. The average molecular weight is 293 g/mol. The highest BCUT2D eigenvalue weighted by atomic mass is 35.5. The summed E-state index contributed by atoms with van der Waals surface area (Å²) in [4.78, 5) is 0. The van der Waals surface area contributed by atoms with Crippen LogP contribution in [0.25, 0.3) is 0 Å². The van der Waals surface area contributed by atoms with Gasteiger partial charge in [-0.25, -0.2) is 12.8 Å². The minimum atomic E-state index is -3.43. The zero-order valence-electron chi connectivity index (χ0n) is 9.86. The summed E-state index contributed by atoms with van der Waals surface area (Å²) in [5, 5.41) is 9.83. The Morgan fingerprint density at radius 3 is 2.72 bits per heavy atom. The highest BCUT2D eigenvalue weighted by Crippen LogP contribution is 2.43. The van der Waals surface area contributed by atoms with Gasteiger partial charge in [0.1, 0.15) is 11.4 Å². The molecule has 2 atom stereocenters. The van der Waals surface area contributed by atoms with Crippen LogP contribution in [0.4, 0.5) is 4.39 Å². The van der Waals surface area contributed by atoms with E-state index >= 15 is 0 Å². The van der Waals surface area contributed by atoms with Crippen LogP contribution >= 0.6 is 11.6 Å². The predicted molar refractivity (Wildman–Crippen MR) is 67.8 cm³/mol. The lowest BCUT2D eigenvalue weighted by Gasteiger charge is -2.29. The molecule has 0 amide bonds. The topological polar surface area (TPSA) is 54.4 Å². The molecular formula is C12H14ClFO3S. The molecule has 1 aliphatic rings. The van der Waals surface area contributed by atoms with Crippen molar-refractivity contribution in [3.63, 3.8) is 0 Å². The van der Waals surface area contributed by atoms with E-state index in [0.717, 1.165) is 12.3 Å². The molecule has 0 saturated heterocycles. The number of halogens is 2. The zero-order valence-corrected chi connectivity index (χ0v) is 11.4. The normalized spacial score (nSPS) is 28.6. The Balaban J connectivity index is 2.53. The van der Waals surface area contributed by atoms with E-state index in [1.807, 2.05) is 0 Å². The van der Waals surface area contributed by atoms with Crippen molar-refractivity contribution in [1.82, 2.24) is 0 Å². The molecule has 6 heteroatoms. The maximum Gasteiger partial charge on any atom is 0.153 e. The Bertz CT molecular complexity index is 573. The van der Waals surface area contributed by atoms with Crippen molar-refractivity contribution in [2.75, 3.05) is 6.26 Å². The minimum Gasteiger partial charge on any atom is -0.384 e. The fourth-order valence-corrected chi connectivity index (χ4v) is 4.38. The Morgan fingerprint density at radius 1 is 1.50 bits per heavy atom. The van der Waals surface area contributed by atoms with Crippen molar-refractivity contribution in [3.05, 3.63) is 34.6 Å². The van der Waals surface area contributed by atoms with E-state index in [-0.39, 0.29) is 17.0 Å². The van der Waals surface area contributed by atoms with Crippen LogP contribution in [0.3, 0.4) is 0 Å². The van der Waals surface area contributed by atoms with Crippen LogP contribution < -0.4 is 0 Å². The maximum atomic E-state index is 13.9. The predicted octanol–water partition coefficient (Wildman–Crippen LogP) is 2.26. The van der Waals surface area contributed by atoms with Crippen LogP contribution in [0, 0.1) is 5.82 Å². The van der Waals surface area contributed by atoms with Crippen molar-refractivity contribution < 1.29 is 17.9 Å². The summed E-state index contributed by atoms with van der Waals surface area (Å²) in [5.41, 5.74) is -1.64. The van der Waals surface area contributed by atoms with E-state index in [9.17, 15) is 17.9 Å². The number of aliphatic hydroxyl groups is 1. The SMILES string of the molecule is CS(=O)(=O)C1CCCC1(O)c1ccc(Cl)cc1F. The molecule has 18 heavy (non-hydrogen) atoms. The van der Waals surface area contributed by atoms with Crippen molar-refractivity contribution in [1.29, 1.82) is 0 Å². The van der Waals surface area contributed by atoms with Crippen LogP contribution in [-0.2, 0) is 15.4 Å². The number of hydrogen-bond donors (Lipinski definition) is 1. The van der Waals surface area contributed by atoms with Gasteiger partial charge in [0, 0.05) is 16.8 Å². The first-order chi connectivity index (χ1) is 8.25. The van der Waals surface area contributed by atoms with Gasteiger partial charge in [0.2, 0.25) is 0 Å². The summed E-state index contributed by atoms with van der Waals surface area (Å²) in [6.07, 6.45) is 2.21. The van der Waals surface area contributed by atoms with E-state index in [1.54, 1.807) is 0 Å². The second-order valence-corrected chi connectivity index (χ2v) is 7.42. The van der Waals surface area contributed by atoms with Gasteiger partial charge >= 0.3 is 0 Å². The smallest absolute Gasteiger partial charge is 0.153 e. The molecule has 1 aromatic rings. The molecule has 0 spiro atoms. The number of rotatable bonds is 2. The maximum absolute atomic E-state index is 13.9. The zero-order chi connectivity index (χ0) is 13.6. The lowest BCUT2D eigenvalue weighted by Crippen LogP contribution is -2.40. The van der Waals surface area contributed by atoms with E-state index in [4.69, 9.17) is 11.6 Å². The van der Waals surface area contributed by atoms with Crippen molar-refractivity contribution in [2.24, 2.45) is 0 Å². The third-order valence-corrected chi connectivity index (χ3v) is 5.37. The standard InChI is InChI=1S/C12H14ClFO3S/c1-18(16,17)11-3-2-6-12(11,15)9-5-4-8(13)7-10(9)14/h4-5,7,11,15H,2-3,6H2,1H3. The number of sulfone groups is 1. The van der Waals surface area contributed by atoms with Gasteiger partial charge in [0.15, 0.2) is 9.84 Å². The van der Waals surface area contributed by atoms with Crippen LogP contribution in [0.15, 0.2) is 18.2 Å². The second-order valence-electron chi connectivity index (χ2n) is 4.76. The third kappa shape index (κ3) is 2.27. The van der Waals surface area contributed by atoms with Crippen LogP contribution in [-0.4, -0.2) is 25.0 Å². The molecule has 0 bridgehead atoms. The molecule has 1 fully saturated rings. The molecule has 100 valence electrons. The molecule has 1 aromatic carbocycles. The summed E-state index contributed by atoms with van der Waals surface area (Å²) >= 11 is 5.66.